The van der Waals surface area contributed by atoms with Crippen LogP contribution in [0.1, 0.15) is 26.7 Å². The summed E-state index contributed by atoms with van der Waals surface area (Å²) >= 11 is 0. The summed E-state index contributed by atoms with van der Waals surface area (Å²) in [5, 5.41) is 0. The van der Waals surface area contributed by atoms with Gasteiger partial charge < -0.3 is 0 Å². The second-order valence-electron chi connectivity index (χ2n) is 2.95. The van der Waals surface area contributed by atoms with Crippen molar-refractivity contribution >= 4 is 6.21 Å². The Morgan fingerprint density at radius 3 is 2.62 bits per heavy atom. The van der Waals surface area contributed by atoms with Gasteiger partial charge in [0.05, 0.1) is 0 Å². The summed E-state index contributed by atoms with van der Waals surface area (Å²) < 4.78 is 2.10. The number of nitrogens with zero attached hydrogens (tertiary/aromatic N) is 1. The molecule has 0 amide bonds. The summed E-state index contributed by atoms with van der Waals surface area (Å²) in [5.41, 5.74) is 1.28. The summed E-state index contributed by atoms with van der Waals surface area (Å²) in [5.74, 6) is 0. The van der Waals surface area contributed by atoms with E-state index in [-0.39, 0.29) is 0 Å². The van der Waals surface area contributed by atoms with Crippen LogP contribution in [0.4, 0.5) is 0 Å². The Morgan fingerprint density at radius 2 is 2.15 bits per heavy atom. The predicted octanol–water partition coefficient (Wildman–Crippen LogP) is 3.15. The van der Waals surface area contributed by atoms with Gasteiger partial charge in [0.15, 0.2) is 6.20 Å². The van der Waals surface area contributed by atoms with Crippen molar-refractivity contribution < 1.29 is 4.58 Å². The first-order valence-corrected chi connectivity index (χ1v) is 4.74. The standard InChI is InChI=1S/C12H20N/c1-5-8-12(9-6-2)11-13(4)10-7-3/h5-6,9-11H,1,7-8H2,2-4H3/q+1. The molecular formula is C12H20N+. The van der Waals surface area contributed by atoms with Gasteiger partial charge in [-0.15, -0.1) is 6.58 Å². The molecule has 1 heteroatoms. The molecule has 1 nitrogen and oxygen atoms in total. The van der Waals surface area contributed by atoms with Crippen LogP contribution >= 0.6 is 0 Å². The van der Waals surface area contributed by atoms with Crippen LogP contribution in [0.5, 0.6) is 0 Å². The van der Waals surface area contributed by atoms with Crippen molar-refractivity contribution in [1.29, 1.82) is 0 Å². The Balaban J connectivity index is 4.50. The van der Waals surface area contributed by atoms with Crippen molar-refractivity contribution in [3.63, 3.8) is 0 Å². The minimum Gasteiger partial charge on any atom is -0.211 e. The van der Waals surface area contributed by atoms with Crippen LogP contribution in [-0.4, -0.2) is 17.8 Å². The zero-order chi connectivity index (χ0) is 10.1. The van der Waals surface area contributed by atoms with Gasteiger partial charge in [-0.2, -0.15) is 0 Å². The second kappa shape index (κ2) is 7.53. The van der Waals surface area contributed by atoms with Crippen LogP contribution in [0, 0.1) is 0 Å². The molecule has 0 aromatic rings. The Morgan fingerprint density at radius 1 is 1.46 bits per heavy atom. The fraction of sp³-hybridized carbons (Fsp3) is 0.417. The molecule has 0 aliphatic carbocycles. The zero-order valence-electron chi connectivity index (χ0n) is 8.96. The molecular weight excluding hydrogens is 158 g/mol. The third-order valence-electron chi connectivity index (χ3n) is 1.60. The fourth-order valence-electron chi connectivity index (χ4n) is 1.15. The van der Waals surface area contributed by atoms with Crippen molar-refractivity contribution in [3.8, 4) is 0 Å². The SMILES string of the molecule is C=CCC(C=CC)=C[N+](C)=CCC. The third-order valence-corrected chi connectivity index (χ3v) is 1.60. The van der Waals surface area contributed by atoms with Gasteiger partial charge >= 0.3 is 0 Å². The average Bonchev–Trinajstić information content (AvgIpc) is 2.05. The molecule has 0 saturated heterocycles. The van der Waals surface area contributed by atoms with E-state index in [1.165, 1.54) is 5.57 Å². The maximum Gasteiger partial charge on any atom is 0.171 e. The average molecular weight is 178 g/mol. The van der Waals surface area contributed by atoms with E-state index in [0.717, 1.165) is 12.8 Å². The van der Waals surface area contributed by atoms with Crippen LogP contribution in [-0.2, 0) is 0 Å². The number of allylic oxidation sites excluding steroid dienone is 4. The maximum atomic E-state index is 3.73. The van der Waals surface area contributed by atoms with Crippen LogP contribution in [0.15, 0.2) is 36.6 Å². The molecule has 0 fully saturated rings. The van der Waals surface area contributed by atoms with Crippen LogP contribution in [0.25, 0.3) is 0 Å². The summed E-state index contributed by atoms with van der Waals surface area (Å²) in [6.45, 7) is 7.89. The van der Waals surface area contributed by atoms with Gasteiger partial charge in [-0.3, -0.25) is 0 Å². The van der Waals surface area contributed by atoms with E-state index in [2.05, 4.69) is 49.7 Å². The molecule has 0 aromatic carbocycles. The third kappa shape index (κ3) is 6.09. The van der Waals surface area contributed by atoms with E-state index in [4.69, 9.17) is 0 Å². The van der Waals surface area contributed by atoms with Crippen molar-refractivity contribution in [1.82, 2.24) is 0 Å². The van der Waals surface area contributed by atoms with Crippen molar-refractivity contribution in [2.75, 3.05) is 7.05 Å². The van der Waals surface area contributed by atoms with Gasteiger partial charge in [-0.05, 0) is 13.3 Å². The minimum atomic E-state index is 0.923. The van der Waals surface area contributed by atoms with E-state index in [1.807, 2.05) is 13.0 Å². The largest absolute Gasteiger partial charge is 0.211 e. The van der Waals surface area contributed by atoms with Crippen LogP contribution in [0.2, 0.25) is 0 Å². The topological polar surface area (TPSA) is 3.01 Å². The van der Waals surface area contributed by atoms with Gasteiger partial charge in [0.1, 0.15) is 13.3 Å². The normalized spacial score (nSPS) is 13.8. The molecule has 0 spiro atoms. The summed E-state index contributed by atoms with van der Waals surface area (Å²) in [7, 11) is 2.05. The maximum absolute atomic E-state index is 3.73. The molecule has 0 saturated carbocycles. The van der Waals surface area contributed by atoms with Crippen molar-refractivity contribution in [2.45, 2.75) is 26.7 Å². The number of rotatable bonds is 5. The number of hydrogen-bond acceptors (Lipinski definition) is 0. The lowest BCUT2D eigenvalue weighted by Crippen LogP contribution is -1.98. The summed E-state index contributed by atoms with van der Waals surface area (Å²) in [6, 6.07) is 0. The highest BCUT2D eigenvalue weighted by molar-refractivity contribution is 5.50. The number of hydrogen-bond donors (Lipinski definition) is 0. The highest BCUT2D eigenvalue weighted by Crippen LogP contribution is 2.03. The van der Waals surface area contributed by atoms with Gasteiger partial charge in [0, 0.05) is 12.0 Å². The molecule has 13 heavy (non-hydrogen) atoms. The molecule has 0 rings (SSSR count). The molecule has 0 aliphatic heterocycles. The van der Waals surface area contributed by atoms with E-state index in [1.54, 1.807) is 0 Å². The molecule has 0 radical (unpaired) electrons. The molecule has 0 N–H and O–H groups in total. The Bertz CT molecular complexity index is 232. The van der Waals surface area contributed by atoms with E-state index >= 15 is 0 Å². The molecule has 0 heterocycles. The molecule has 0 aliphatic rings. The van der Waals surface area contributed by atoms with E-state index in [9.17, 15) is 0 Å². The van der Waals surface area contributed by atoms with Crippen LogP contribution in [0.3, 0.4) is 0 Å². The second-order valence-corrected chi connectivity index (χ2v) is 2.95. The molecule has 72 valence electrons. The predicted molar refractivity (Wildman–Crippen MR) is 60.3 cm³/mol. The fourth-order valence-corrected chi connectivity index (χ4v) is 1.15. The van der Waals surface area contributed by atoms with Crippen molar-refractivity contribution in [3.05, 3.63) is 36.6 Å². The van der Waals surface area contributed by atoms with E-state index < -0.39 is 0 Å². The lowest BCUT2D eigenvalue weighted by molar-refractivity contribution is -0.418. The van der Waals surface area contributed by atoms with Crippen molar-refractivity contribution in [2.24, 2.45) is 0 Å². The summed E-state index contributed by atoms with van der Waals surface area (Å²) in [6.07, 6.45) is 12.3. The first-order chi connectivity index (χ1) is 6.24. The molecule has 0 atom stereocenters. The molecule has 0 unspecified atom stereocenters. The Kier molecular flexibility index (Phi) is 6.89. The highest BCUT2D eigenvalue weighted by Gasteiger charge is 1.94. The first kappa shape index (κ1) is 11.9. The van der Waals surface area contributed by atoms with Gasteiger partial charge in [-0.25, -0.2) is 4.58 Å². The van der Waals surface area contributed by atoms with Gasteiger partial charge in [0.25, 0.3) is 0 Å². The van der Waals surface area contributed by atoms with Gasteiger partial charge in [0.2, 0.25) is 0 Å². The minimum absolute atomic E-state index is 0.923. The highest BCUT2D eigenvalue weighted by atomic mass is 14.9. The van der Waals surface area contributed by atoms with Crippen LogP contribution < -0.4 is 0 Å². The quantitative estimate of drug-likeness (QED) is 0.263. The monoisotopic (exact) mass is 178 g/mol. The zero-order valence-corrected chi connectivity index (χ0v) is 8.96. The first-order valence-electron chi connectivity index (χ1n) is 4.74. The lowest BCUT2D eigenvalue weighted by Gasteiger charge is -1.93. The van der Waals surface area contributed by atoms with Gasteiger partial charge in [-0.1, -0.05) is 25.2 Å². The molecule has 0 bridgehead atoms. The Labute approximate surface area is 81.8 Å². The smallest absolute Gasteiger partial charge is 0.171 e. The Hall–Kier alpha value is -1.11. The van der Waals surface area contributed by atoms with E-state index in [0.29, 0.717) is 0 Å². The summed E-state index contributed by atoms with van der Waals surface area (Å²) in [4.78, 5) is 0. The molecule has 0 aromatic heterocycles. The lowest BCUT2D eigenvalue weighted by atomic mass is 10.2.